The van der Waals surface area contributed by atoms with Crippen molar-refractivity contribution in [3.63, 3.8) is 0 Å². The van der Waals surface area contributed by atoms with E-state index in [1.165, 1.54) is 11.1 Å². The van der Waals surface area contributed by atoms with Gasteiger partial charge in [-0.05, 0) is 42.1 Å². The molecule has 0 amide bonds. The third kappa shape index (κ3) is 5.00. The molecule has 0 aromatic heterocycles. The molecule has 124 valence electrons. The topological polar surface area (TPSA) is 44.5 Å². The third-order valence-corrected chi connectivity index (χ3v) is 3.84. The summed E-state index contributed by atoms with van der Waals surface area (Å²) in [5, 5.41) is 0. The number of hydrogen-bond acceptors (Lipinski definition) is 3. The van der Waals surface area contributed by atoms with Crippen LogP contribution in [0.15, 0.2) is 48.5 Å². The number of ether oxygens (including phenoxy) is 2. The first-order valence-corrected chi connectivity index (χ1v) is 8.18. The van der Waals surface area contributed by atoms with Gasteiger partial charge in [0.1, 0.15) is 0 Å². The molecular formula is C20H27NO2. The zero-order valence-electron chi connectivity index (χ0n) is 14.3. The minimum absolute atomic E-state index is 0.308. The maximum absolute atomic E-state index is 5.99. The van der Waals surface area contributed by atoms with Gasteiger partial charge in [-0.15, -0.1) is 0 Å². The summed E-state index contributed by atoms with van der Waals surface area (Å²) < 4.78 is 11.3. The molecule has 2 rings (SSSR count). The Morgan fingerprint density at radius 3 is 2.35 bits per heavy atom. The van der Waals surface area contributed by atoms with Crippen molar-refractivity contribution in [2.24, 2.45) is 11.7 Å². The van der Waals surface area contributed by atoms with Gasteiger partial charge in [0.15, 0.2) is 11.5 Å². The Labute approximate surface area is 139 Å². The molecule has 23 heavy (non-hydrogen) atoms. The van der Waals surface area contributed by atoms with Gasteiger partial charge in [-0.1, -0.05) is 50.2 Å². The van der Waals surface area contributed by atoms with E-state index in [0.29, 0.717) is 25.0 Å². The number of benzene rings is 2. The van der Waals surface area contributed by atoms with Gasteiger partial charge in [0.05, 0.1) is 13.7 Å². The molecule has 1 atom stereocenters. The lowest BCUT2D eigenvalue weighted by atomic mass is 9.92. The minimum atomic E-state index is 0.308. The lowest BCUT2D eigenvalue weighted by Crippen LogP contribution is -2.15. The molecule has 2 aromatic carbocycles. The minimum Gasteiger partial charge on any atom is -0.493 e. The normalized spacial score (nSPS) is 12.2. The summed E-state index contributed by atoms with van der Waals surface area (Å²) >= 11 is 0. The molecule has 2 aromatic rings. The van der Waals surface area contributed by atoms with E-state index in [1.54, 1.807) is 7.11 Å². The van der Waals surface area contributed by atoms with E-state index in [1.807, 2.05) is 12.1 Å². The Balaban J connectivity index is 2.17. The van der Waals surface area contributed by atoms with Crippen LogP contribution in [-0.2, 0) is 6.42 Å². The van der Waals surface area contributed by atoms with Gasteiger partial charge in [-0.25, -0.2) is 0 Å². The van der Waals surface area contributed by atoms with Gasteiger partial charge in [0, 0.05) is 5.92 Å². The number of methoxy groups -OCH3 is 1. The van der Waals surface area contributed by atoms with E-state index >= 15 is 0 Å². The molecule has 0 spiro atoms. The standard InChI is InChI=1S/C20H27NO2/c1-15(2)14-23-20-12-16(9-10-19(20)22-3)11-18(13-21)17-7-5-4-6-8-17/h4-10,12,15,18H,11,13-14,21H2,1-3H3. The van der Waals surface area contributed by atoms with Crippen LogP contribution >= 0.6 is 0 Å². The highest BCUT2D eigenvalue weighted by molar-refractivity contribution is 5.43. The molecular weight excluding hydrogens is 286 g/mol. The fraction of sp³-hybridized carbons (Fsp3) is 0.400. The van der Waals surface area contributed by atoms with Crippen LogP contribution in [0.3, 0.4) is 0 Å². The van der Waals surface area contributed by atoms with Crippen molar-refractivity contribution in [1.29, 1.82) is 0 Å². The first-order chi connectivity index (χ1) is 11.1. The zero-order chi connectivity index (χ0) is 16.7. The Kier molecular flexibility index (Phi) is 6.48. The van der Waals surface area contributed by atoms with Crippen molar-refractivity contribution in [3.05, 3.63) is 59.7 Å². The summed E-state index contributed by atoms with van der Waals surface area (Å²) in [6.45, 7) is 5.57. The quantitative estimate of drug-likeness (QED) is 0.800. The summed E-state index contributed by atoms with van der Waals surface area (Å²) in [6.07, 6.45) is 0.891. The van der Waals surface area contributed by atoms with E-state index in [0.717, 1.165) is 17.9 Å². The molecule has 0 radical (unpaired) electrons. The Hall–Kier alpha value is -2.00. The van der Waals surface area contributed by atoms with E-state index in [2.05, 4.69) is 50.2 Å². The van der Waals surface area contributed by atoms with E-state index in [-0.39, 0.29) is 0 Å². The highest BCUT2D eigenvalue weighted by Gasteiger charge is 2.13. The van der Waals surface area contributed by atoms with Gasteiger partial charge in [0.25, 0.3) is 0 Å². The number of nitrogens with two attached hydrogens (primary N) is 1. The van der Waals surface area contributed by atoms with E-state index in [4.69, 9.17) is 15.2 Å². The molecule has 3 heteroatoms. The van der Waals surface area contributed by atoms with Crippen LogP contribution in [0.2, 0.25) is 0 Å². The smallest absolute Gasteiger partial charge is 0.161 e. The summed E-state index contributed by atoms with van der Waals surface area (Å²) in [7, 11) is 1.67. The Bertz CT molecular complexity index is 596. The maximum atomic E-state index is 5.99. The molecule has 0 aliphatic carbocycles. The summed E-state index contributed by atoms with van der Waals surface area (Å²) in [4.78, 5) is 0. The summed E-state index contributed by atoms with van der Waals surface area (Å²) in [6, 6.07) is 16.6. The van der Waals surface area contributed by atoms with Crippen molar-refractivity contribution in [2.75, 3.05) is 20.3 Å². The summed E-state index contributed by atoms with van der Waals surface area (Å²) in [5.41, 5.74) is 8.47. The average Bonchev–Trinajstić information content (AvgIpc) is 2.58. The largest absolute Gasteiger partial charge is 0.493 e. The van der Waals surface area contributed by atoms with E-state index < -0.39 is 0 Å². The molecule has 0 saturated carbocycles. The monoisotopic (exact) mass is 313 g/mol. The molecule has 0 saturated heterocycles. The predicted molar refractivity (Wildman–Crippen MR) is 95.3 cm³/mol. The third-order valence-electron chi connectivity index (χ3n) is 3.84. The van der Waals surface area contributed by atoms with Crippen molar-refractivity contribution >= 4 is 0 Å². The lowest BCUT2D eigenvalue weighted by Gasteiger charge is -2.17. The fourth-order valence-electron chi connectivity index (χ4n) is 2.56. The van der Waals surface area contributed by atoms with Gasteiger partial charge < -0.3 is 15.2 Å². The zero-order valence-corrected chi connectivity index (χ0v) is 14.3. The van der Waals surface area contributed by atoms with Crippen molar-refractivity contribution in [3.8, 4) is 11.5 Å². The molecule has 0 aliphatic rings. The van der Waals surface area contributed by atoms with Crippen LogP contribution in [0, 0.1) is 5.92 Å². The molecule has 3 nitrogen and oxygen atoms in total. The predicted octanol–water partition coefficient (Wildman–Crippen LogP) is 4.02. The lowest BCUT2D eigenvalue weighted by molar-refractivity contribution is 0.256. The highest BCUT2D eigenvalue weighted by Crippen LogP contribution is 2.30. The van der Waals surface area contributed by atoms with E-state index in [9.17, 15) is 0 Å². The second kappa shape index (κ2) is 8.59. The molecule has 0 fully saturated rings. The maximum Gasteiger partial charge on any atom is 0.161 e. The van der Waals surface area contributed by atoms with Crippen LogP contribution in [-0.4, -0.2) is 20.3 Å². The molecule has 1 unspecified atom stereocenters. The SMILES string of the molecule is COc1ccc(CC(CN)c2ccccc2)cc1OCC(C)C. The molecule has 2 N–H and O–H groups in total. The van der Waals surface area contributed by atoms with Crippen molar-refractivity contribution < 1.29 is 9.47 Å². The average molecular weight is 313 g/mol. The second-order valence-corrected chi connectivity index (χ2v) is 6.24. The van der Waals surface area contributed by atoms with Crippen molar-refractivity contribution in [2.45, 2.75) is 26.2 Å². The summed E-state index contributed by atoms with van der Waals surface area (Å²) in [5.74, 6) is 2.37. The van der Waals surface area contributed by atoms with Gasteiger partial charge in [0.2, 0.25) is 0 Å². The second-order valence-electron chi connectivity index (χ2n) is 6.24. The van der Waals surface area contributed by atoms with Crippen LogP contribution in [0.4, 0.5) is 0 Å². The Morgan fingerprint density at radius 1 is 1.00 bits per heavy atom. The first kappa shape index (κ1) is 17.4. The van der Waals surface area contributed by atoms with Crippen LogP contribution in [0.5, 0.6) is 11.5 Å². The van der Waals surface area contributed by atoms with Gasteiger partial charge in [-0.3, -0.25) is 0 Å². The fourth-order valence-corrected chi connectivity index (χ4v) is 2.56. The van der Waals surface area contributed by atoms with Crippen LogP contribution in [0.25, 0.3) is 0 Å². The van der Waals surface area contributed by atoms with Crippen molar-refractivity contribution in [1.82, 2.24) is 0 Å². The van der Waals surface area contributed by atoms with Crippen LogP contribution < -0.4 is 15.2 Å². The van der Waals surface area contributed by atoms with Gasteiger partial charge in [-0.2, -0.15) is 0 Å². The van der Waals surface area contributed by atoms with Gasteiger partial charge >= 0.3 is 0 Å². The van der Waals surface area contributed by atoms with Crippen LogP contribution in [0.1, 0.15) is 30.9 Å². The molecule has 0 aliphatic heterocycles. The first-order valence-electron chi connectivity index (χ1n) is 8.18. The molecule has 0 heterocycles. The number of rotatable bonds is 8. The highest BCUT2D eigenvalue weighted by atomic mass is 16.5. The Morgan fingerprint density at radius 2 is 1.74 bits per heavy atom. The number of hydrogen-bond donors (Lipinski definition) is 1. The molecule has 0 bridgehead atoms.